The summed E-state index contributed by atoms with van der Waals surface area (Å²) in [5, 5.41) is 10.9. The van der Waals surface area contributed by atoms with Gasteiger partial charge in [0.15, 0.2) is 0 Å². The van der Waals surface area contributed by atoms with Crippen LogP contribution in [0.1, 0.15) is 37.5 Å². The van der Waals surface area contributed by atoms with Crippen molar-refractivity contribution in [2.75, 3.05) is 6.54 Å². The van der Waals surface area contributed by atoms with Gasteiger partial charge in [-0.1, -0.05) is 25.5 Å². The molecule has 0 aliphatic heterocycles. The third-order valence-corrected chi connectivity index (χ3v) is 5.92. The molecule has 0 saturated heterocycles. The van der Waals surface area contributed by atoms with Crippen LogP contribution in [0.5, 0.6) is 0 Å². The Balaban J connectivity index is 1.74. The van der Waals surface area contributed by atoms with Crippen LogP contribution in [0.15, 0.2) is 52.0 Å². The fraction of sp³-hybridized carbons (Fsp3) is 0.444. The minimum absolute atomic E-state index is 0.0262. The molecule has 1 heterocycles. The molecule has 1 fully saturated rings. The number of sulfonamides is 1. The predicted octanol–water partition coefficient (Wildman–Crippen LogP) is 2.81. The Morgan fingerprint density at radius 3 is 2.50 bits per heavy atom. The fourth-order valence-electron chi connectivity index (χ4n) is 2.93. The monoisotopic (exact) mass is 349 g/mol. The van der Waals surface area contributed by atoms with E-state index in [0.29, 0.717) is 5.76 Å². The first kappa shape index (κ1) is 17.2. The van der Waals surface area contributed by atoms with E-state index in [4.69, 9.17) is 4.42 Å². The second-order valence-corrected chi connectivity index (χ2v) is 8.16. The molecule has 1 aliphatic rings. The van der Waals surface area contributed by atoms with Gasteiger partial charge in [0, 0.05) is 6.54 Å². The number of benzene rings is 1. The SMILES string of the molecule is CCCc1ccc(S(=O)(=O)NCC(O)(c2ccco2)C2CC2)cc1. The van der Waals surface area contributed by atoms with Crippen molar-refractivity contribution in [3.8, 4) is 0 Å². The largest absolute Gasteiger partial charge is 0.466 e. The van der Waals surface area contributed by atoms with Crippen LogP contribution in [0.2, 0.25) is 0 Å². The molecule has 0 amide bonds. The zero-order valence-electron chi connectivity index (χ0n) is 13.7. The molecule has 2 N–H and O–H groups in total. The van der Waals surface area contributed by atoms with Gasteiger partial charge in [0.2, 0.25) is 10.0 Å². The van der Waals surface area contributed by atoms with Crippen molar-refractivity contribution in [3.63, 3.8) is 0 Å². The van der Waals surface area contributed by atoms with E-state index in [1.807, 2.05) is 12.1 Å². The lowest BCUT2D eigenvalue weighted by molar-refractivity contribution is -0.00224. The highest BCUT2D eigenvalue weighted by molar-refractivity contribution is 7.89. The van der Waals surface area contributed by atoms with E-state index in [1.54, 1.807) is 24.3 Å². The van der Waals surface area contributed by atoms with E-state index in [1.165, 1.54) is 6.26 Å². The topological polar surface area (TPSA) is 79.5 Å². The van der Waals surface area contributed by atoms with Crippen LogP contribution in [0, 0.1) is 5.92 Å². The van der Waals surface area contributed by atoms with E-state index in [-0.39, 0.29) is 17.4 Å². The maximum absolute atomic E-state index is 12.5. The van der Waals surface area contributed by atoms with Crippen LogP contribution in [0.3, 0.4) is 0 Å². The number of aryl methyl sites for hydroxylation is 1. The van der Waals surface area contributed by atoms with Gasteiger partial charge in [0.1, 0.15) is 11.4 Å². The summed E-state index contributed by atoms with van der Waals surface area (Å²) in [4.78, 5) is 0.208. The normalized spacial score (nSPS) is 17.6. The van der Waals surface area contributed by atoms with Gasteiger partial charge in [-0.2, -0.15) is 0 Å². The molecule has 1 saturated carbocycles. The van der Waals surface area contributed by atoms with E-state index in [9.17, 15) is 13.5 Å². The van der Waals surface area contributed by atoms with Crippen LogP contribution in [-0.4, -0.2) is 20.1 Å². The van der Waals surface area contributed by atoms with Crippen molar-refractivity contribution < 1.29 is 17.9 Å². The van der Waals surface area contributed by atoms with Gasteiger partial charge in [0.25, 0.3) is 0 Å². The predicted molar refractivity (Wildman–Crippen MR) is 91.0 cm³/mol. The Kier molecular flexibility index (Phi) is 4.80. The van der Waals surface area contributed by atoms with Gasteiger partial charge < -0.3 is 9.52 Å². The second-order valence-electron chi connectivity index (χ2n) is 6.39. The smallest absolute Gasteiger partial charge is 0.240 e. The van der Waals surface area contributed by atoms with Crippen molar-refractivity contribution >= 4 is 10.0 Å². The summed E-state index contributed by atoms with van der Waals surface area (Å²) in [5.74, 6) is 0.435. The van der Waals surface area contributed by atoms with E-state index < -0.39 is 15.6 Å². The molecule has 130 valence electrons. The highest BCUT2D eigenvalue weighted by atomic mass is 32.2. The summed E-state index contributed by atoms with van der Waals surface area (Å²) in [6.07, 6.45) is 5.16. The van der Waals surface area contributed by atoms with Gasteiger partial charge in [0.05, 0.1) is 11.2 Å². The molecule has 5 nitrogen and oxygen atoms in total. The first-order valence-electron chi connectivity index (χ1n) is 8.30. The minimum Gasteiger partial charge on any atom is -0.466 e. The first-order valence-corrected chi connectivity index (χ1v) is 9.79. The number of hydrogen-bond acceptors (Lipinski definition) is 4. The van der Waals surface area contributed by atoms with E-state index in [2.05, 4.69) is 11.6 Å². The van der Waals surface area contributed by atoms with Crippen LogP contribution in [0.25, 0.3) is 0 Å². The molecule has 1 aromatic heterocycles. The molecule has 1 atom stereocenters. The first-order chi connectivity index (χ1) is 11.5. The lowest BCUT2D eigenvalue weighted by atomic mass is 9.95. The van der Waals surface area contributed by atoms with Crippen molar-refractivity contribution in [1.82, 2.24) is 4.72 Å². The number of nitrogens with one attached hydrogen (secondary N) is 1. The molecule has 0 radical (unpaired) electrons. The van der Waals surface area contributed by atoms with Gasteiger partial charge in [-0.15, -0.1) is 0 Å². The van der Waals surface area contributed by atoms with Crippen molar-refractivity contribution in [1.29, 1.82) is 0 Å². The van der Waals surface area contributed by atoms with Crippen LogP contribution >= 0.6 is 0 Å². The highest BCUT2D eigenvalue weighted by Crippen LogP contribution is 2.45. The van der Waals surface area contributed by atoms with Crippen molar-refractivity contribution in [3.05, 3.63) is 54.0 Å². The third kappa shape index (κ3) is 3.55. The molecule has 1 aliphatic carbocycles. The van der Waals surface area contributed by atoms with E-state index >= 15 is 0 Å². The number of aliphatic hydroxyl groups is 1. The van der Waals surface area contributed by atoms with Crippen LogP contribution in [-0.2, 0) is 22.0 Å². The Bertz CT molecular complexity index is 764. The molecule has 3 rings (SSSR count). The standard InChI is InChI=1S/C18H23NO4S/c1-2-4-14-6-10-16(11-7-14)24(21,22)19-13-18(20,15-8-9-15)17-5-3-12-23-17/h3,5-7,10-12,15,19-20H,2,4,8-9,13H2,1H3. The summed E-state index contributed by atoms with van der Waals surface area (Å²) >= 11 is 0. The summed E-state index contributed by atoms with van der Waals surface area (Å²) < 4.78 is 32.9. The summed E-state index contributed by atoms with van der Waals surface area (Å²) in [6, 6.07) is 10.3. The maximum atomic E-state index is 12.5. The zero-order valence-corrected chi connectivity index (χ0v) is 14.6. The molecule has 0 bridgehead atoms. The molecular weight excluding hydrogens is 326 g/mol. The average molecular weight is 349 g/mol. The molecule has 6 heteroatoms. The third-order valence-electron chi connectivity index (χ3n) is 4.50. The Hall–Kier alpha value is -1.63. The second kappa shape index (κ2) is 6.70. The zero-order chi connectivity index (χ0) is 17.2. The Labute approximate surface area is 142 Å². The van der Waals surface area contributed by atoms with Gasteiger partial charge in [-0.3, -0.25) is 0 Å². The number of rotatable bonds is 8. The lowest BCUT2D eigenvalue weighted by Crippen LogP contribution is -2.42. The molecular formula is C18H23NO4S. The van der Waals surface area contributed by atoms with Crippen molar-refractivity contribution in [2.24, 2.45) is 5.92 Å². The lowest BCUT2D eigenvalue weighted by Gasteiger charge is -2.26. The van der Waals surface area contributed by atoms with Gasteiger partial charge in [-0.05, 0) is 55.0 Å². The van der Waals surface area contributed by atoms with Gasteiger partial charge >= 0.3 is 0 Å². The molecule has 0 spiro atoms. The van der Waals surface area contributed by atoms with Crippen LogP contribution in [0.4, 0.5) is 0 Å². The number of hydrogen-bond donors (Lipinski definition) is 2. The minimum atomic E-state index is -3.67. The maximum Gasteiger partial charge on any atom is 0.240 e. The average Bonchev–Trinajstić information content (AvgIpc) is 3.29. The highest BCUT2D eigenvalue weighted by Gasteiger charge is 2.47. The summed E-state index contributed by atoms with van der Waals surface area (Å²) in [6.45, 7) is 1.99. The Morgan fingerprint density at radius 2 is 1.96 bits per heavy atom. The quantitative estimate of drug-likeness (QED) is 0.768. The molecule has 1 aromatic carbocycles. The fourth-order valence-corrected chi connectivity index (χ4v) is 4.00. The van der Waals surface area contributed by atoms with Gasteiger partial charge in [-0.25, -0.2) is 13.1 Å². The molecule has 1 unspecified atom stereocenters. The van der Waals surface area contributed by atoms with Crippen molar-refractivity contribution in [2.45, 2.75) is 43.1 Å². The number of furan rings is 1. The Morgan fingerprint density at radius 1 is 1.25 bits per heavy atom. The summed E-state index contributed by atoms with van der Waals surface area (Å²) in [5.41, 5.74) is -0.180. The summed E-state index contributed by atoms with van der Waals surface area (Å²) in [7, 11) is -3.67. The molecule has 24 heavy (non-hydrogen) atoms. The molecule has 2 aromatic rings. The van der Waals surface area contributed by atoms with E-state index in [0.717, 1.165) is 31.2 Å². The van der Waals surface area contributed by atoms with Crippen LogP contribution < -0.4 is 4.72 Å².